The van der Waals surface area contributed by atoms with Gasteiger partial charge in [0.15, 0.2) is 0 Å². The molecule has 2 aromatic carbocycles. The van der Waals surface area contributed by atoms with E-state index >= 15 is 0 Å². The molecular weight excluding hydrogens is 394 g/mol. The molecule has 4 aromatic rings. The maximum absolute atomic E-state index is 6.25. The Morgan fingerprint density at radius 3 is 2.62 bits per heavy atom. The normalized spacial score (nSPS) is 16.9. The third-order valence-electron chi connectivity index (χ3n) is 6.85. The van der Waals surface area contributed by atoms with Gasteiger partial charge in [-0.25, -0.2) is 0 Å². The highest BCUT2D eigenvalue weighted by Gasteiger charge is 2.21. The second kappa shape index (κ2) is 8.85. The summed E-state index contributed by atoms with van der Waals surface area (Å²) in [6.07, 6.45) is 2.84. The summed E-state index contributed by atoms with van der Waals surface area (Å²) in [5.74, 6) is 0.305. The first-order valence-electron chi connectivity index (χ1n) is 11.6. The number of nitrogens with two attached hydrogens (primary N) is 1. The van der Waals surface area contributed by atoms with Crippen LogP contribution in [-0.4, -0.2) is 41.0 Å². The molecule has 1 saturated heterocycles. The lowest BCUT2D eigenvalue weighted by molar-refractivity contribution is 0.185. The van der Waals surface area contributed by atoms with Gasteiger partial charge in [0.25, 0.3) is 0 Å². The van der Waals surface area contributed by atoms with Gasteiger partial charge in [-0.1, -0.05) is 43.3 Å². The predicted molar refractivity (Wildman–Crippen MR) is 133 cm³/mol. The van der Waals surface area contributed by atoms with Gasteiger partial charge >= 0.3 is 0 Å². The van der Waals surface area contributed by atoms with E-state index in [2.05, 4.69) is 65.4 Å². The molecule has 32 heavy (non-hydrogen) atoms. The number of fused-ring (bicyclic) bond motifs is 3. The number of aromatic nitrogens is 2. The average molecular weight is 426 g/mol. The van der Waals surface area contributed by atoms with Crippen LogP contribution in [0.3, 0.4) is 0 Å². The number of nitrogen functional groups attached to an aromatic ring is 1. The van der Waals surface area contributed by atoms with E-state index in [1.54, 1.807) is 0 Å². The molecule has 0 spiro atoms. The van der Waals surface area contributed by atoms with E-state index in [0.717, 1.165) is 65.8 Å². The molecule has 2 aromatic heterocycles. The molecule has 0 aliphatic carbocycles. The van der Waals surface area contributed by atoms with Crippen molar-refractivity contribution in [3.8, 4) is 0 Å². The Balaban J connectivity index is 1.43. The van der Waals surface area contributed by atoms with Crippen LogP contribution in [-0.2, 0) is 6.42 Å². The zero-order valence-corrected chi connectivity index (χ0v) is 18.9. The smallest absolute Gasteiger partial charge is 0.0895 e. The van der Waals surface area contributed by atoms with Crippen LogP contribution in [0, 0.1) is 0 Å². The number of nitrogens with one attached hydrogen (secondary N) is 1. The molecule has 2 unspecified atom stereocenters. The summed E-state index contributed by atoms with van der Waals surface area (Å²) < 4.78 is 0. The molecule has 0 saturated carbocycles. The van der Waals surface area contributed by atoms with Gasteiger partial charge in [-0.15, -0.1) is 0 Å². The minimum Gasteiger partial charge on any atom is -0.398 e. The van der Waals surface area contributed by atoms with E-state index in [0.29, 0.717) is 12.0 Å². The Bertz CT molecular complexity index is 1250. The molecule has 1 aliphatic heterocycles. The van der Waals surface area contributed by atoms with Crippen LogP contribution in [0.4, 0.5) is 5.69 Å². The maximum Gasteiger partial charge on any atom is 0.0895 e. The fourth-order valence-electron chi connectivity index (χ4n) is 4.99. The monoisotopic (exact) mass is 425 g/mol. The lowest BCUT2D eigenvalue weighted by Gasteiger charge is -2.34. The first-order chi connectivity index (χ1) is 15.6. The Labute approximate surface area is 189 Å². The van der Waals surface area contributed by atoms with Crippen LogP contribution >= 0.6 is 0 Å². The first-order valence-corrected chi connectivity index (χ1v) is 11.6. The molecule has 3 heterocycles. The first kappa shape index (κ1) is 20.9. The maximum atomic E-state index is 6.25. The Hall–Kier alpha value is -3.02. The predicted octanol–water partition coefficient (Wildman–Crippen LogP) is 4.68. The zero-order chi connectivity index (χ0) is 22.1. The highest BCUT2D eigenvalue weighted by molar-refractivity contribution is 6.09. The molecule has 0 radical (unpaired) electrons. The van der Waals surface area contributed by atoms with Crippen LogP contribution in [0.2, 0.25) is 0 Å². The third kappa shape index (κ3) is 3.94. The van der Waals surface area contributed by atoms with E-state index < -0.39 is 0 Å². The molecule has 0 bridgehead atoms. The Morgan fingerprint density at radius 1 is 0.969 bits per heavy atom. The number of anilines is 1. The SMILES string of the molecule is CC(Cc1ccccc1C(C)N1CCNCC1)c1ccc2c(cnc3cccc(N)c32)n1. The van der Waals surface area contributed by atoms with Gasteiger partial charge in [-0.3, -0.25) is 14.9 Å². The van der Waals surface area contributed by atoms with Crippen molar-refractivity contribution >= 4 is 27.5 Å². The van der Waals surface area contributed by atoms with Crippen LogP contribution < -0.4 is 11.1 Å². The van der Waals surface area contributed by atoms with Gasteiger partial charge in [0, 0.05) is 60.3 Å². The van der Waals surface area contributed by atoms with E-state index in [4.69, 9.17) is 10.7 Å². The molecular formula is C27H31N5. The van der Waals surface area contributed by atoms with Crippen LogP contribution in [0.25, 0.3) is 21.8 Å². The van der Waals surface area contributed by atoms with Crippen LogP contribution in [0.15, 0.2) is 60.8 Å². The summed E-state index contributed by atoms with van der Waals surface area (Å²) in [6, 6.07) is 19.5. The molecule has 2 atom stereocenters. The highest BCUT2D eigenvalue weighted by atomic mass is 15.2. The fraction of sp³-hybridized carbons (Fsp3) is 0.333. The van der Waals surface area contributed by atoms with E-state index in [1.807, 2.05) is 24.4 Å². The minimum atomic E-state index is 0.305. The fourth-order valence-corrected chi connectivity index (χ4v) is 4.99. The van der Waals surface area contributed by atoms with Gasteiger partial charge in [-0.2, -0.15) is 0 Å². The van der Waals surface area contributed by atoms with E-state index in [9.17, 15) is 0 Å². The number of piperazine rings is 1. The summed E-state index contributed by atoms with van der Waals surface area (Å²) in [5, 5.41) is 5.51. The summed E-state index contributed by atoms with van der Waals surface area (Å²) in [7, 11) is 0. The van der Waals surface area contributed by atoms with Crippen LogP contribution in [0.5, 0.6) is 0 Å². The van der Waals surface area contributed by atoms with Crippen molar-refractivity contribution in [3.05, 3.63) is 77.6 Å². The van der Waals surface area contributed by atoms with Crippen molar-refractivity contribution < 1.29 is 0 Å². The van der Waals surface area contributed by atoms with Gasteiger partial charge in [0.2, 0.25) is 0 Å². The molecule has 0 amide bonds. The number of nitrogens with zero attached hydrogens (tertiary/aromatic N) is 3. The second-order valence-electron chi connectivity index (χ2n) is 8.93. The number of hydrogen-bond donors (Lipinski definition) is 2. The standard InChI is InChI=1S/C27H31N5/c1-18(16-20-6-3-4-7-21(20)19(2)32-14-12-29-13-15-32)24-11-10-22-26(31-24)17-30-25-9-5-8-23(28)27(22)25/h3-11,17-19,29H,12-16,28H2,1-2H3. The van der Waals surface area contributed by atoms with Gasteiger partial charge in [0.05, 0.1) is 17.2 Å². The third-order valence-corrected chi connectivity index (χ3v) is 6.85. The molecule has 5 heteroatoms. The van der Waals surface area contributed by atoms with Crippen molar-refractivity contribution in [3.63, 3.8) is 0 Å². The molecule has 1 fully saturated rings. The number of pyridine rings is 2. The summed E-state index contributed by atoms with van der Waals surface area (Å²) in [5.41, 5.74) is 12.8. The quantitative estimate of drug-likeness (QED) is 0.359. The van der Waals surface area contributed by atoms with E-state index in [1.165, 1.54) is 11.1 Å². The minimum absolute atomic E-state index is 0.305. The molecule has 5 nitrogen and oxygen atoms in total. The number of hydrogen-bond acceptors (Lipinski definition) is 5. The lowest BCUT2D eigenvalue weighted by Crippen LogP contribution is -2.44. The van der Waals surface area contributed by atoms with Crippen molar-refractivity contribution in [2.75, 3.05) is 31.9 Å². The van der Waals surface area contributed by atoms with Gasteiger partial charge < -0.3 is 11.1 Å². The summed E-state index contributed by atoms with van der Waals surface area (Å²) in [6.45, 7) is 8.94. The number of rotatable bonds is 5. The van der Waals surface area contributed by atoms with Crippen molar-refractivity contribution in [2.45, 2.75) is 32.2 Å². The Kier molecular flexibility index (Phi) is 5.77. The molecule has 1 aliphatic rings. The topological polar surface area (TPSA) is 67.1 Å². The summed E-state index contributed by atoms with van der Waals surface area (Å²) in [4.78, 5) is 12.2. The van der Waals surface area contributed by atoms with Crippen LogP contribution in [0.1, 0.15) is 42.6 Å². The van der Waals surface area contributed by atoms with Crippen molar-refractivity contribution in [1.82, 2.24) is 20.2 Å². The molecule has 5 rings (SSSR count). The van der Waals surface area contributed by atoms with E-state index in [-0.39, 0.29) is 0 Å². The van der Waals surface area contributed by atoms with Gasteiger partial charge in [0.1, 0.15) is 0 Å². The highest BCUT2D eigenvalue weighted by Crippen LogP contribution is 2.31. The molecule has 3 N–H and O–H groups in total. The molecule has 164 valence electrons. The summed E-state index contributed by atoms with van der Waals surface area (Å²) >= 11 is 0. The Morgan fingerprint density at radius 2 is 1.78 bits per heavy atom. The lowest BCUT2D eigenvalue weighted by atomic mass is 9.91. The number of benzene rings is 2. The van der Waals surface area contributed by atoms with Crippen molar-refractivity contribution in [1.29, 1.82) is 0 Å². The second-order valence-corrected chi connectivity index (χ2v) is 8.93. The van der Waals surface area contributed by atoms with Crippen molar-refractivity contribution in [2.24, 2.45) is 0 Å². The average Bonchev–Trinajstić information content (AvgIpc) is 2.84. The largest absolute Gasteiger partial charge is 0.398 e. The van der Waals surface area contributed by atoms with Gasteiger partial charge in [-0.05, 0) is 42.7 Å². The zero-order valence-electron chi connectivity index (χ0n) is 18.9.